The van der Waals surface area contributed by atoms with Gasteiger partial charge in [-0.25, -0.2) is 18.5 Å². The summed E-state index contributed by atoms with van der Waals surface area (Å²) in [5, 5.41) is 9.00. The maximum atomic E-state index is 12.6. The second-order valence-corrected chi connectivity index (χ2v) is 9.90. The van der Waals surface area contributed by atoms with Crippen LogP contribution in [-0.2, 0) is 14.8 Å². The molecule has 10 heteroatoms. The fourth-order valence-corrected chi connectivity index (χ4v) is 4.76. The third kappa shape index (κ3) is 5.45. The van der Waals surface area contributed by atoms with Crippen LogP contribution < -0.4 is 10.5 Å². The molecule has 0 fully saturated rings. The Balaban J connectivity index is 1.58. The Hall–Kier alpha value is -3.11. The van der Waals surface area contributed by atoms with E-state index in [1.165, 1.54) is 30.0 Å². The number of imidazole rings is 1. The van der Waals surface area contributed by atoms with E-state index in [1.807, 2.05) is 53.1 Å². The molecule has 1 aromatic heterocycles. The second-order valence-electron chi connectivity index (χ2n) is 6.99. The van der Waals surface area contributed by atoms with Crippen LogP contribution in [0, 0.1) is 0 Å². The number of carbonyl (C=O) groups is 1. The molecular weight excluding hydrogens is 480 g/mol. The van der Waals surface area contributed by atoms with Crippen molar-refractivity contribution in [3.05, 3.63) is 90.1 Å². The summed E-state index contributed by atoms with van der Waals surface area (Å²) >= 11 is 7.71. The molecule has 0 atom stereocenters. The van der Waals surface area contributed by atoms with Gasteiger partial charge in [-0.05, 0) is 30.3 Å². The van der Waals surface area contributed by atoms with Crippen molar-refractivity contribution in [2.24, 2.45) is 5.14 Å². The van der Waals surface area contributed by atoms with Gasteiger partial charge in [0.05, 0.1) is 33.2 Å². The summed E-state index contributed by atoms with van der Waals surface area (Å²) in [5.74, 6) is -0.267. The lowest BCUT2D eigenvalue weighted by Gasteiger charge is -2.13. The Bertz CT molecular complexity index is 1410. The lowest BCUT2D eigenvalue weighted by Crippen LogP contribution is -2.16. The van der Waals surface area contributed by atoms with Gasteiger partial charge in [0.1, 0.15) is 0 Å². The van der Waals surface area contributed by atoms with E-state index in [4.69, 9.17) is 16.7 Å². The fourth-order valence-electron chi connectivity index (χ4n) is 3.19. The van der Waals surface area contributed by atoms with Crippen LogP contribution in [0.1, 0.15) is 0 Å². The van der Waals surface area contributed by atoms with Gasteiger partial charge in [-0.1, -0.05) is 71.9 Å². The summed E-state index contributed by atoms with van der Waals surface area (Å²) in [6.07, 6.45) is 1.74. The van der Waals surface area contributed by atoms with Gasteiger partial charge in [0.25, 0.3) is 0 Å². The number of nitrogens with zero attached hydrogens (tertiary/aromatic N) is 2. The Morgan fingerprint density at radius 1 is 1.03 bits per heavy atom. The van der Waals surface area contributed by atoms with Crippen molar-refractivity contribution in [1.29, 1.82) is 0 Å². The molecule has 168 valence electrons. The maximum absolute atomic E-state index is 12.6. The van der Waals surface area contributed by atoms with E-state index < -0.39 is 10.0 Å². The third-order valence-corrected chi connectivity index (χ3v) is 6.85. The zero-order chi connectivity index (χ0) is 23.4. The Labute approximate surface area is 200 Å². The molecule has 0 aliphatic rings. The zero-order valence-corrected chi connectivity index (χ0v) is 19.6. The number of hydrogen-bond acceptors (Lipinski definition) is 5. The van der Waals surface area contributed by atoms with Crippen molar-refractivity contribution in [1.82, 2.24) is 9.55 Å². The van der Waals surface area contributed by atoms with E-state index in [-0.39, 0.29) is 16.6 Å². The average Bonchev–Trinajstić information content (AvgIpc) is 3.22. The van der Waals surface area contributed by atoms with Crippen molar-refractivity contribution in [3.63, 3.8) is 0 Å². The standard InChI is InChI=1S/C23H19ClN4O3S2/c24-19-11-4-5-12-20(19)28-21(16-7-2-1-3-8-16)14-26-23(28)32-15-22(29)27-17-9-6-10-18(13-17)33(25,30)31/h1-14H,15H2,(H,27,29)(H2,25,30,31). The fraction of sp³-hybridized carbons (Fsp3) is 0.0435. The number of benzene rings is 3. The number of hydrogen-bond donors (Lipinski definition) is 2. The number of primary sulfonamides is 1. The number of thioether (sulfide) groups is 1. The van der Waals surface area contributed by atoms with Gasteiger partial charge in [-0.15, -0.1) is 0 Å². The van der Waals surface area contributed by atoms with Gasteiger partial charge in [-0.2, -0.15) is 0 Å². The number of anilines is 1. The molecule has 1 amide bonds. The molecule has 0 unspecified atom stereocenters. The van der Waals surface area contributed by atoms with Crippen molar-refractivity contribution >= 4 is 45.0 Å². The first kappa shape index (κ1) is 23.1. The minimum absolute atomic E-state index is 0.0509. The number of carbonyl (C=O) groups excluding carboxylic acids is 1. The molecule has 1 heterocycles. The predicted molar refractivity (Wildman–Crippen MR) is 131 cm³/mol. The Kier molecular flexibility index (Phi) is 6.85. The third-order valence-electron chi connectivity index (χ3n) is 4.67. The van der Waals surface area contributed by atoms with E-state index >= 15 is 0 Å². The maximum Gasteiger partial charge on any atom is 0.238 e. The molecule has 0 bridgehead atoms. The number of halogens is 1. The van der Waals surface area contributed by atoms with Crippen LogP contribution in [0.15, 0.2) is 95.1 Å². The molecule has 3 aromatic carbocycles. The molecule has 0 aliphatic carbocycles. The average molecular weight is 499 g/mol. The van der Waals surface area contributed by atoms with E-state index in [0.29, 0.717) is 15.9 Å². The van der Waals surface area contributed by atoms with Crippen LogP contribution >= 0.6 is 23.4 Å². The smallest absolute Gasteiger partial charge is 0.238 e. The van der Waals surface area contributed by atoms with Crippen molar-refractivity contribution in [2.45, 2.75) is 10.1 Å². The quantitative estimate of drug-likeness (QED) is 0.363. The Morgan fingerprint density at radius 2 is 1.76 bits per heavy atom. The molecule has 4 rings (SSSR count). The summed E-state index contributed by atoms with van der Waals surface area (Å²) in [5.41, 5.74) is 2.89. The van der Waals surface area contributed by atoms with Crippen LogP contribution in [0.25, 0.3) is 16.9 Å². The number of sulfonamides is 1. The molecule has 7 nitrogen and oxygen atoms in total. The van der Waals surface area contributed by atoms with Gasteiger partial charge in [0, 0.05) is 11.3 Å². The molecule has 0 saturated heterocycles. The number of rotatable bonds is 7. The molecule has 33 heavy (non-hydrogen) atoms. The van der Waals surface area contributed by atoms with Crippen molar-refractivity contribution in [3.8, 4) is 16.9 Å². The van der Waals surface area contributed by atoms with Crippen LogP contribution in [0.2, 0.25) is 5.02 Å². The first-order valence-corrected chi connectivity index (χ1v) is 12.7. The predicted octanol–water partition coefficient (Wildman–Crippen LogP) is 4.57. The first-order valence-electron chi connectivity index (χ1n) is 9.76. The monoisotopic (exact) mass is 498 g/mol. The van der Waals surface area contributed by atoms with Gasteiger partial charge < -0.3 is 5.32 Å². The normalized spacial score (nSPS) is 11.3. The molecule has 0 saturated carbocycles. The topological polar surface area (TPSA) is 107 Å². The van der Waals surface area contributed by atoms with Crippen LogP contribution in [0.4, 0.5) is 5.69 Å². The van der Waals surface area contributed by atoms with E-state index in [2.05, 4.69) is 10.3 Å². The highest BCUT2D eigenvalue weighted by Crippen LogP contribution is 2.32. The van der Waals surface area contributed by atoms with E-state index in [0.717, 1.165) is 16.9 Å². The summed E-state index contributed by atoms with van der Waals surface area (Å²) < 4.78 is 25.0. The lowest BCUT2D eigenvalue weighted by atomic mass is 10.1. The van der Waals surface area contributed by atoms with E-state index in [9.17, 15) is 13.2 Å². The lowest BCUT2D eigenvalue weighted by molar-refractivity contribution is -0.113. The summed E-state index contributed by atoms with van der Waals surface area (Å²) in [6, 6.07) is 23.0. The number of aromatic nitrogens is 2. The minimum Gasteiger partial charge on any atom is -0.325 e. The first-order chi connectivity index (χ1) is 15.8. The van der Waals surface area contributed by atoms with Crippen molar-refractivity contribution < 1.29 is 13.2 Å². The summed E-state index contributed by atoms with van der Waals surface area (Å²) in [6.45, 7) is 0. The van der Waals surface area contributed by atoms with Crippen LogP contribution in [-0.4, -0.2) is 29.6 Å². The van der Waals surface area contributed by atoms with Crippen molar-refractivity contribution in [2.75, 3.05) is 11.1 Å². The molecular formula is C23H19ClN4O3S2. The van der Waals surface area contributed by atoms with Crippen LogP contribution in [0.5, 0.6) is 0 Å². The Morgan fingerprint density at radius 3 is 2.48 bits per heavy atom. The van der Waals surface area contributed by atoms with Gasteiger partial charge in [-0.3, -0.25) is 9.36 Å². The van der Waals surface area contributed by atoms with Gasteiger partial charge in [0.2, 0.25) is 15.9 Å². The van der Waals surface area contributed by atoms with Gasteiger partial charge >= 0.3 is 0 Å². The highest BCUT2D eigenvalue weighted by Gasteiger charge is 2.17. The highest BCUT2D eigenvalue weighted by atomic mass is 35.5. The number of nitrogens with two attached hydrogens (primary N) is 1. The zero-order valence-electron chi connectivity index (χ0n) is 17.2. The largest absolute Gasteiger partial charge is 0.325 e. The van der Waals surface area contributed by atoms with Gasteiger partial charge in [0.15, 0.2) is 5.16 Å². The molecule has 0 radical (unpaired) electrons. The molecule has 3 N–H and O–H groups in total. The molecule has 4 aromatic rings. The molecule has 0 spiro atoms. The molecule has 0 aliphatic heterocycles. The van der Waals surface area contributed by atoms with Crippen LogP contribution in [0.3, 0.4) is 0 Å². The van der Waals surface area contributed by atoms with E-state index in [1.54, 1.807) is 18.3 Å². The minimum atomic E-state index is -3.86. The number of amides is 1. The summed E-state index contributed by atoms with van der Waals surface area (Å²) in [7, 11) is -3.86. The number of nitrogens with one attached hydrogen (secondary N) is 1. The second kappa shape index (κ2) is 9.80. The number of para-hydroxylation sites is 1. The SMILES string of the molecule is NS(=O)(=O)c1cccc(NC(=O)CSc2ncc(-c3ccccc3)n2-c2ccccc2Cl)c1. The summed E-state index contributed by atoms with van der Waals surface area (Å²) in [4.78, 5) is 17.0. The highest BCUT2D eigenvalue weighted by molar-refractivity contribution is 7.99.